The van der Waals surface area contributed by atoms with Gasteiger partial charge in [-0.15, -0.1) is 0 Å². The summed E-state index contributed by atoms with van der Waals surface area (Å²) in [5.41, 5.74) is 5.88. The summed E-state index contributed by atoms with van der Waals surface area (Å²) in [4.78, 5) is 10.9. The van der Waals surface area contributed by atoms with Crippen molar-refractivity contribution in [1.29, 1.82) is 5.41 Å². The lowest BCUT2D eigenvalue weighted by atomic mass is 10.2. The fourth-order valence-corrected chi connectivity index (χ4v) is 0.906. The highest BCUT2D eigenvalue weighted by Gasteiger charge is 2.01. The average molecular weight is 192 g/mol. The first-order valence-electron chi connectivity index (χ1n) is 4.28. The number of nitrogens with one attached hydrogen (secondary N) is 1. The van der Waals surface area contributed by atoms with Crippen LogP contribution in [0.2, 0.25) is 0 Å². The second-order valence-electron chi connectivity index (χ2n) is 2.77. The standard InChI is InChI=1S/C10H12N2O2/c1-2-9(13)14-8-5-3-7(4-6-8)10(11)12/h3-6H,2H2,1H3,(H3,11,12). The third-order valence-electron chi connectivity index (χ3n) is 1.69. The van der Waals surface area contributed by atoms with E-state index in [9.17, 15) is 4.79 Å². The van der Waals surface area contributed by atoms with Gasteiger partial charge in [0.1, 0.15) is 11.6 Å². The minimum atomic E-state index is -0.277. The van der Waals surface area contributed by atoms with Gasteiger partial charge >= 0.3 is 5.97 Å². The molecule has 0 fully saturated rings. The van der Waals surface area contributed by atoms with Crippen molar-refractivity contribution in [3.63, 3.8) is 0 Å². The fraction of sp³-hybridized carbons (Fsp3) is 0.200. The van der Waals surface area contributed by atoms with Gasteiger partial charge in [-0.2, -0.15) is 0 Å². The number of esters is 1. The van der Waals surface area contributed by atoms with E-state index in [1.807, 2.05) is 0 Å². The summed E-state index contributed by atoms with van der Waals surface area (Å²) in [6.07, 6.45) is 0.342. The molecule has 0 aromatic heterocycles. The van der Waals surface area contributed by atoms with E-state index >= 15 is 0 Å². The highest BCUT2D eigenvalue weighted by Crippen LogP contribution is 2.12. The normalized spacial score (nSPS) is 9.50. The Morgan fingerprint density at radius 2 is 2.00 bits per heavy atom. The fourth-order valence-electron chi connectivity index (χ4n) is 0.906. The van der Waals surface area contributed by atoms with Crippen LogP contribution < -0.4 is 10.5 Å². The van der Waals surface area contributed by atoms with Gasteiger partial charge in [-0.1, -0.05) is 6.92 Å². The SMILES string of the molecule is CCC(=O)Oc1ccc(C(=N)N)cc1. The molecule has 0 spiro atoms. The van der Waals surface area contributed by atoms with E-state index in [0.717, 1.165) is 0 Å². The second-order valence-corrected chi connectivity index (χ2v) is 2.77. The maximum atomic E-state index is 10.9. The highest BCUT2D eigenvalue weighted by atomic mass is 16.5. The van der Waals surface area contributed by atoms with Crippen LogP contribution in [0.25, 0.3) is 0 Å². The Hall–Kier alpha value is -1.84. The molecule has 0 unspecified atom stereocenters. The molecule has 0 bridgehead atoms. The van der Waals surface area contributed by atoms with Crippen LogP contribution in [0.5, 0.6) is 5.75 Å². The van der Waals surface area contributed by atoms with Crippen molar-refractivity contribution in [2.24, 2.45) is 5.73 Å². The van der Waals surface area contributed by atoms with Gasteiger partial charge in [0.15, 0.2) is 0 Å². The Kier molecular flexibility index (Phi) is 3.23. The van der Waals surface area contributed by atoms with Crippen molar-refractivity contribution in [2.75, 3.05) is 0 Å². The molecular formula is C10H12N2O2. The molecule has 14 heavy (non-hydrogen) atoms. The molecule has 1 aromatic carbocycles. The predicted molar refractivity (Wildman–Crippen MR) is 53.4 cm³/mol. The molecule has 0 saturated heterocycles. The summed E-state index contributed by atoms with van der Waals surface area (Å²) in [6.45, 7) is 1.73. The van der Waals surface area contributed by atoms with Crippen molar-refractivity contribution < 1.29 is 9.53 Å². The predicted octanol–water partition coefficient (Wildman–Crippen LogP) is 1.29. The van der Waals surface area contributed by atoms with E-state index in [2.05, 4.69) is 0 Å². The van der Waals surface area contributed by atoms with Crippen molar-refractivity contribution >= 4 is 11.8 Å². The number of hydrogen-bond donors (Lipinski definition) is 2. The lowest BCUT2D eigenvalue weighted by Gasteiger charge is -2.03. The lowest BCUT2D eigenvalue weighted by molar-refractivity contribution is -0.134. The lowest BCUT2D eigenvalue weighted by Crippen LogP contribution is -2.11. The van der Waals surface area contributed by atoms with E-state index < -0.39 is 0 Å². The summed E-state index contributed by atoms with van der Waals surface area (Å²) in [5, 5.41) is 7.15. The Morgan fingerprint density at radius 3 is 2.43 bits per heavy atom. The average Bonchev–Trinajstić information content (AvgIpc) is 2.18. The number of carbonyl (C=O) groups is 1. The van der Waals surface area contributed by atoms with Crippen molar-refractivity contribution in [3.05, 3.63) is 29.8 Å². The van der Waals surface area contributed by atoms with Crippen LogP contribution in [0.3, 0.4) is 0 Å². The van der Waals surface area contributed by atoms with Gasteiger partial charge in [0.05, 0.1) is 0 Å². The minimum Gasteiger partial charge on any atom is -0.427 e. The van der Waals surface area contributed by atoms with Gasteiger partial charge in [0.2, 0.25) is 0 Å². The van der Waals surface area contributed by atoms with Gasteiger partial charge in [0, 0.05) is 12.0 Å². The topological polar surface area (TPSA) is 76.2 Å². The molecule has 0 aliphatic rings. The number of carbonyl (C=O) groups excluding carboxylic acids is 1. The summed E-state index contributed by atoms with van der Waals surface area (Å²) >= 11 is 0. The van der Waals surface area contributed by atoms with E-state index in [-0.39, 0.29) is 11.8 Å². The molecule has 0 amide bonds. The molecular weight excluding hydrogens is 180 g/mol. The van der Waals surface area contributed by atoms with E-state index in [1.165, 1.54) is 0 Å². The van der Waals surface area contributed by atoms with Crippen molar-refractivity contribution in [2.45, 2.75) is 13.3 Å². The largest absolute Gasteiger partial charge is 0.427 e. The molecule has 0 saturated carbocycles. The number of ether oxygens (including phenoxy) is 1. The third kappa shape index (κ3) is 2.58. The maximum absolute atomic E-state index is 10.9. The molecule has 3 N–H and O–H groups in total. The number of rotatable bonds is 3. The van der Waals surface area contributed by atoms with E-state index in [4.69, 9.17) is 15.9 Å². The van der Waals surface area contributed by atoms with Crippen LogP contribution in [0, 0.1) is 5.41 Å². The van der Waals surface area contributed by atoms with E-state index in [1.54, 1.807) is 31.2 Å². The number of benzene rings is 1. The molecule has 0 heterocycles. The second kappa shape index (κ2) is 4.41. The Bertz CT molecular complexity index is 344. The zero-order valence-corrected chi connectivity index (χ0v) is 7.91. The van der Waals surface area contributed by atoms with Gasteiger partial charge in [-0.3, -0.25) is 10.2 Å². The molecule has 0 atom stereocenters. The van der Waals surface area contributed by atoms with Gasteiger partial charge in [-0.25, -0.2) is 0 Å². The van der Waals surface area contributed by atoms with Gasteiger partial charge in [-0.05, 0) is 24.3 Å². The zero-order valence-electron chi connectivity index (χ0n) is 7.91. The smallest absolute Gasteiger partial charge is 0.310 e. The van der Waals surface area contributed by atoms with Crippen LogP contribution in [-0.2, 0) is 4.79 Å². The Labute approximate surface area is 82.2 Å². The van der Waals surface area contributed by atoms with Gasteiger partial charge < -0.3 is 10.5 Å². The molecule has 0 aliphatic heterocycles. The first-order valence-corrected chi connectivity index (χ1v) is 4.28. The van der Waals surface area contributed by atoms with Crippen LogP contribution in [0.15, 0.2) is 24.3 Å². The number of amidine groups is 1. The first kappa shape index (κ1) is 10.2. The molecule has 0 radical (unpaired) electrons. The monoisotopic (exact) mass is 192 g/mol. The minimum absolute atomic E-state index is 0.00151. The van der Waals surface area contributed by atoms with Crippen LogP contribution >= 0.6 is 0 Å². The molecule has 74 valence electrons. The number of hydrogen-bond acceptors (Lipinski definition) is 3. The third-order valence-corrected chi connectivity index (χ3v) is 1.69. The van der Waals surface area contributed by atoms with Crippen LogP contribution in [0.1, 0.15) is 18.9 Å². The molecule has 1 aromatic rings. The van der Waals surface area contributed by atoms with Crippen LogP contribution in [0.4, 0.5) is 0 Å². The summed E-state index contributed by atoms with van der Waals surface area (Å²) in [5.74, 6) is 0.195. The maximum Gasteiger partial charge on any atom is 0.310 e. The summed E-state index contributed by atoms with van der Waals surface area (Å²) in [7, 11) is 0. The zero-order chi connectivity index (χ0) is 10.6. The molecule has 4 heteroatoms. The summed E-state index contributed by atoms with van der Waals surface area (Å²) in [6, 6.07) is 6.51. The first-order chi connectivity index (χ1) is 6.63. The quantitative estimate of drug-likeness (QED) is 0.328. The highest BCUT2D eigenvalue weighted by molar-refractivity contribution is 5.95. The van der Waals surface area contributed by atoms with Crippen molar-refractivity contribution in [3.8, 4) is 5.75 Å². The Morgan fingerprint density at radius 1 is 1.43 bits per heavy atom. The van der Waals surface area contributed by atoms with Crippen molar-refractivity contribution in [1.82, 2.24) is 0 Å². The molecule has 0 aliphatic carbocycles. The Balaban J connectivity index is 2.73. The van der Waals surface area contributed by atoms with E-state index in [0.29, 0.717) is 17.7 Å². The molecule has 4 nitrogen and oxygen atoms in total. The van der Waals surface area contributed by atoms with Crippen LogP contribution in [-0.4, -0.2) is 11.8 Å². The number of nitrogen functional groups attached to an aromatic ring is 1. The summed E-state index contributed by atoms with van der Waals surface area (Å²) < 4.78 is 4.95. The van der Waals surface area contributed by atoms with Gasteiger partial charge in [0.25, 0.3) is 0 Å². The number of nitrogens with two attached hydrogens (primary N) is 1. The molecule has 1 rings (SSSR count).